The summed E-state index contributed by atoms with van der Waals surface area (Å²) in [6, 6.07) is 11.4. The average Bonchev–Trinajstić information content (AvgIpc) is 3.34. The number of hydrogen-bond acceptors (Lipinski definition) is 8. The molecule has 2 aromatic carbocycles. The molecular formula is C17H10ClN5O4S. The maximum atomic E-state index is 12.4. The normalized spacial score (nSPS) is 10.9. The number of rotatable bonds is 5. The smallest absolute Gasteiger partial charge is 0.299 e. The van der Waals surface area contributed by atoms with Crippen LogP contribution in [0.3, 0.4) is 0 Å². The molecule has 0 fully saturated rings. The molecule has 28 heavy (non-hydrogen) atoms. The van der Waals surface area contributed by atoms with Crippen LogP contribution in [0.5, 0.6) is 0 Å². The molecule has 0 bridgehead atoms. The Balaban J connectivity index is 1.52. The minimum atomic E-state index is -0.589. The van der Waals surface area contributed by atoms with Gasteiger partial charge in [-0.05, 0) is 18.2 Å². The molecule has 0 saturated heterocycles. The van der Waals surface area contributed by atoms with Crippen LogP contribution in [0.1, 0.15) is 16.1 Å². The van der Waals surface area contributed by atoms with Crippen LogP contribution in [0.15, 0.2) is 47.0 Å². The fraction of sp³-hybridized carbons (Fsp3) is 0.0588. The van der Waals surface area contributed by atoms with Crippen LogP contribution in [0.2, 0.25) is 5.02 Å². The second kappa shape index (κ2) is 7.33. The maximum Gasteiger partial charge on any atom is 0.299 e. The number of carbonyl (C=O) groups excluding carboxylic acids is 1. The molecule has 0 aliphatic heterocycles. The van der Waals surface area contributed by atoms with Gasteiger partial charge < -0.3 is 9.84 Å². The Bertz CT molecular complexity index is 1210. The number of benzene rings is 2. The zero-order valence-electron chi connectivity index (χ0n) is 14.0. The SMILES string of the molecule is O=C(NCc1cc(-c2ccccc2Cl)on1)c1cc([N+](=O)[O-])c2nsnc2c1. The third-order valence-electron chi connectivity index (χ3n) is 3.93. The Morgan fingerprint density at radius 3 is 2.86 bits per heavy atom. The van der Waals surface area contributed by atoms with Crippen molar-refractivity contribution >= 4 is 46.0 Å². The Hall–Kier alpha value is -3.37. The van der Waals surface area contributed by atoms with Crippen LogP contribution in [-0.4, -0.2) is 24.7 Å². The van der Waals surface area contributed by atoms with Gasteiger partial charge in [-0.15, -0.1) is 0 Å². The molecule has 2 heterocycles. The van der Waals surface area contributed by atoms with Gasteiger partial charge in [-0.1, -0.05) is 28.9 Å². The highest BCUT2D eigenvalue weighted by Gasteiger charge is 2.20. The molecule has 4 rings (SSSR count). The minimum Gasteiger partial charge on any atom is -0.356 e. The van der Waals surface area contributed by atoms with Crippen LogP contribution in [0, 0.1) is 10.1 Å². The molecule has 0 atom stereocenters. The summed E-state index contributed by atoms with van der Waals surface area (Å²) in [4.78, 5) is 23.1. The number of nitrogens with zero attached hydrogens (tertiary/aromatic N) is 4. The lowest BCUT2D eigenvalue weighted by molar-refractivity contribution is -0.383. The lowest BCUT2D eigenvalue weighted by Crippen LogP contribution is -2.23. The Kier molecular flexibility index (Phi) is 4.72. The summed E-state index contributed by atoms with van der Waals surface area (Å²) < 4.78 is 13.1. The molecule has 0 saturated carbocycles. The number of fused-ring (bicyclic) bond motifs is 1. The fourth-order valence-electron chi connectivity index (χ4n) is 2.60. The lowest BCUT2D eigenvalue weighted by Gasteiger charge is -2.03. The highest BCUT2D eigenvalue weighted by Crippen LogP contribution is 2.28. The molecule has 4 aromatic rings. The zero-order valence-corrected chi connectivity index (χ0v) is 15.5. The van der Waals surface area contributed by atoms with E-state index in [9.17, 15) is 14.9 Å². The number of carbonyl (C=O) groups is 1. The van der Waals surface area contributed by atoms with Crippen molar-refractivity contribution in [3.05, 3.63) is 68.9 Å². The highest BCUT2D eigenvalue weighted by molar-refractivity contribution is 7.00. The van der Waals surface area contributed by atoms with Gasteiger partial charge >= 0.3 is 0 Å². The standard InChI is InChI=1S/C17H10ClN5O4S/c18-12-4-2-1-3-11(12)15-7-10(20-27-15)8-19-17(24)9-5-13-16(22-28-21-13)14(6-9)23(25)26/h1-7H,8H2,(H,19,24). The van der Waals surface area contributed by atoms with E-state index in [1.165, 1.54) is 12.1 Å². The van der Waals surface area contributed by atoms with Crippen molar-refractivity contribution in [2.24, 2.45) is 0 Å². The lowest BCUT2D eigenvalue weighted by atomic mass is 10.1. The number of amides is 1. The second-order valence-corrected chi connectivity index (χ2v) is 6.67. The fourth-order valence-corrected chi connectivity index (χ4v) is 3.36. The number of halogens is 1. The summed E-state index contributed by atoms with van der Waals surface area (Å²) in [6.45, 7) is 0.0773. The quantitative estimate of drug-likeness (QED) is 0.387. The minimum absolute atomic E-state index is 0.0773. The van der Waals surface area contributed by atoms with E-state index in [1.54, 1.807) is 24.3 Å². The number of non-ortho nitro benzene ring substituents is 1. The summed E-state index contributed by atoms with van der Waals surface area (Å²) in [5, 5.41) is 18.3. The average molecular weight is 416 g/mol. The molecule has 0 unspecified atom stereocenters. The van der Waals surface area contributed by atoms with Crippen LogP contribution in [-0.2, 0) is 6.54 Å². The second-order valence-electron chi connectivity index (χ2n) is 5.73. The van der Waals surface area contributed by atoms with Crippen molar-refractivity contribution in [2.45, 2.75) is 6.54 Å². The first-order chi connectivity index (χ1) is 13.5. The summed E-state index contributed by atoms with van der Waals surface area (Å²) in [6.07, 6.45) is 0. The first-order valence-corrected chi connectivity index (χ1v) is 9.03. The van der Waals surface area contributed by atoms with Gasteiger partial charge in [0.05, 0.1) is 28.2 Å². The van der Waals surface area contributed by atoms with E-state index < -0.39 is 10.8 Å². The maximum absolute atomic E-state index is 12.4. The molecule has 0 radical (unpaired) electrons. The van der Waals surface area contributed by atoms with E-state index in [1.807, 2.05) is 6.07 Å². The first kappa shape index (κ1) is 18.0. The van der Waals surface area contributed by atoms with Gasteiger partial charge in [-0.25, -0.2) is 0 Å². The number of nitrogens with one attached hydrogen (secondary N) is 1. The molecular weight excluding hydrogens is 406 g/mol. The van der Waals surface area contributed by atoms with Crippen molar-refractivity contribution in [3.63, 3.8) is 0 Å². The topological polar surface area (TPSA) is 124 Å². The third kappa shape index (κ3) is 3.42. The predicted octanol–water partition coefficient (Wildman–Crippen LogP) is 3.84. The molecule has 1 amide bonds. The van der Waals surface area contributed by atoms with E-state index in [4.69, 9.17) is 16.1 Å². The highest BCUT2D eigenvalue weighted by atomic mass is 35.5. The molecule has 9 nitrogen and oxygen atoms in total. The summed E-state index contributed by atoms with van der Waals surface area (Å²) in [5.41, 5.74) is 1.47. The van der Waals surface area contributed by atoms with Crippen LogP contribution < -0.4 is 5.32 Å². The third-order valence-corrected chi connectivity index (χ3v) is 4.80. The van der Waals surface area contributed by atoms with Crippen molar-refractivity contribution < 1.29 is 14.2 Å². The van der Waals surface area contributed by atoms with Crippen molar-refractivity contribution in [2.75, 3.05) is 0 Å². The summed E-state index contributed by atoms with van der Waals surface area (Å²) in [7, 11) is 0. The van der Waals surface area contributed by atoms with Gasteiger partial charge in [0.25, 0.3) is 11.6 Å². The molecule has 0 spiro atoms. The Morgan fingerprint density at radius 1 is 1.25 bits per heavy atom. The van der Waals surface area contributed by atoms with Crippen LogP contribution >= 0.6 is 23.3 Å². The van der Waals surface area contributed by atoms with E-state index in [0.29, 0.717) is 27.6 Å². The molecule has 0 aliphatic rings. The Labute approximate surface area is 166 Å². The number of nitro benzene ring substituents is 1. The molecule has 2 aromatic heterocycles. The number of nitro groups is 1. The number of aromatic nitrogens is 3. The van der Waals surface area contributed by atoms with E-state index in [2.05, 4.69) is 19.2 Å². The van der Waals surface area contributed by atoms with Gasteiger partial charge in [0.2, 0.25) is 0 Å². The largest absolute Gasteiger partial charge is 0.356 e. The molecule has 1 N–H and O–H groups in total. The van der Waals surface area contributed by atoms with Gasteiger partial charge in [-0.2, -0.15) is 8.75 Å². The monoisotopic (exact) mass is 415 g/mol. The van der Waals surface area contributed by atoms with Gasteiger partial charge in [0, 0.05) is 23.3 Å². The van der Waals surface area contributed by atoms with E-state index in [-0.39, 0.29) is 23.3 Å². The van der Waals surface area contributed by atoms with Crippen molar-refractivity contribution in [1.29, 1.82) is 0 Å². The number of hydrogen-bond donors (Lipinski definition) is 1. The van der Waals surface area contributed by atoms with Gasteiger partial charge in [0.1, 0.15) is 11.2 Å². The van der Waals surface area contributed by atoms with Crippen molar-refractivity contribution in [1.82, 2.24) is 19.2 Å². The predicted molar refractivity (Wildman–Crippen MR) is 102 cm³/mol. The summed E-state index contributed by atoms with van der Waals surface area (Å²) >= 11 is 6.98. The van der Waals surface area contributed by atoms with Gasteiger partial charge in [0.15, 0.2) is 11.3 Å². The zero-order chi connectivity index (χ0) is 19.7. The van der Waals surface area contributed by atoms with Crippen LogP contribution in [0.25, 0.3) is 22.4 Å². The van der Waals surface area contributed by atoms with Crippen LogP contribution in [0.4, 0.5) is 5.69 Å². The molecule has 0 aliphatic carbocycles. The Morgan fingerprint density at radius 2 is 2.07 bits per heavy atom. The summed E-state index contributed by atoms with van der Waals surface area (Å²) in [5.74, 6) is -0.0271. The molecule has 11 heteroatoms. The van der Waals surface area contributed by atoms with Gasteiger partial charge in [-0.3, -0.25) is 14.9 Å². The van der Waals surface area contributed by atoms with Crippen molar-refractivity contribution in [3.8, 4) is 11.3 Å². The first-order valence-electron chi connectivity index (χ1n) is 7.92. The van der Waals surface area contributed by atoms with E-state index >= 15 is 0 Å². The van der Waals surface area contributed by atoms with E-state index in [0.717, 1.165) is 11.7 Å². The molecule has 140 valence electrons.